The number of hydrogen-bond acceptors (Lipinski definition) is 0. The van der Waals surface area contributed by atoms with Crippen LogP contribution < -0.4 is 0 Å². The van der Waals surface area contributed by atoms with E-state index in [1.54, 1.807) is 0 Å². The Kier molecular flexibility index (Phi) is 8.91. The topological polar surface area (TPSA) is 9.86 Å². The van der Waals surface area contributed by atoms with E-state index in [4.69, 9.17) is 0 Å². The molecule has 8 aromatic rings. The molecule has 0 spiro atoms. The van der Waals surface area contributed by atoms with Crippen LogP contribution in [0.3, 0.4) is 0 Å². The lowest BCUT2D eigenvalue weighted by molar-refractivity contribution is 0.346. The van der Waals surface area contributed by atoms with Crippen molar-refractivity contribution in [2.45, 2.75) is 65.2 Å². The second-order valence-corrected chi connectivity index (χ2v) is 12.5. The van der Waals surface area contributed by atoms with Crippen molar-refractivity contribution in [2.24, 2.45) is 0 Å². The third kappa shape index (κ3) is 5.11. The van der Waals surface area contributed by atoms with Gasteiger partial charge in [0.25, 0.3) is 0 Å². The molecule has 1 aliphatic carbocycles. The van der Waals surface area contributed by atoms with E-state index < -0.39 is 0 Å². The minimum absolute atomic E-state index is 0.0386. The molecule has 0 saturated heterocycles. The fourth-order valence-electron chi connectivity index (χ4n) is 8.16. The molecule has 9 rings (SSSR count). The summed E-state index contributed by atoms with van der Waals surface area (Å²) in [5.41, 5.74) is 10.4. The van der Waals surface area contributed by atoms with Gasteiger partial charge < -0.3 is 9.13 Å². The lowest BCUT2D eigenvalue weighted by Gasteiger charge is -2.39. The summed E-state index contributed by atoms with van der Waals surface area (Å²) >= 11 is 0. The molecule has 0 N–H and O–H groups in total. The highest BCUT2D eigenvalue weighted by Crippen LogP contribution is 2.46. The Labute approximate surface area is 285 Å². The van der Waals surface area contributed by atoms with Crippen molar-refractivity contribution in [3.63, 3.8) is 0 Å². The monoisotopic (exact) mass is 626 g/mol. The SMILES string of the molecule is CC.CC.c1ccc2c(c1)c1ccccc1n2-c1ccc(C2(c3ccc(-n4c5ccccc5c5ccccc54)cc3)CCCCC2)cc1. The Hall–Kier alpha value is -5.08. The predicted octanol–water partition coefficient (Wildman–Crippen LogP) is 13.2. The average Bonchev–Trinajstić information content (AvgIpc) is 3.70. The van der Waals surface area contributed by atoms with E-state index >= 15 is 0 Å². The smallest absolute Gasteiger partial charge is 0.0541 e. The van der Waals surface area contributed by atoms with E-state index in [1.165, 1.54) is 98.2 Å². The van der Waals surface area contributed by atoms with Gasteiger partial charge in [-0.3, -0.25) is 0 Å². The molecule has 1 saturated carbocycles. The molecule has 240 valence electrons. The third-order valence-corrected chi connectivity index (χ3v) is 10.2. The molecule has 2 nitrogen and oxygen atoms in total. The highest BCUT2D eigenvalue weighted by molar-refractivity contribution is 6.10. The zero-order valence-electron chi connectivity index (χ0n) is 28.8. The summed E-state index contributed by atoms with van der Waals surface area (Å²) in [6.07, 6.45) is 6.24. The van der Waals surface area contributed by atoms with Crippen molar-refractivity contribution in [2.75, 3.05) is 0 Å². The van der Waals surface area contributed by atoms with Crippen LogP contribution in [0.4, 0.5) is 0 Å². The van der Waals surface area contributed by atoms with Gasteiger partial charge in [-0.1, -0.05) is 144 Å². The second-order valence-electron chi connectivity index (χ2n) is 12.5. The number of hydrogen-bond donors (Lipinski definition) is 0. The Morgan fingerprint density at radius 2 is 0.646 bits per heavy atom. The van der Waals surface area contributed by atoms with Crippen LogP contribution in [0.5, 0.6) is 0 Å². The summed E-state index contributed by atoms with van der Waals surface area (Å²) in [7, 11) is 0. The van der Waals surface area contributed by atoms with Crippen molar-refractivity contribution in [1.29, 1.82) is 0 Å². The average molecular weight is 627 g/mol. The maximum absolute atomic E-state index is 2.42. The van der Waals surface area contributed by atoms with Crippen LogP contribution in [0, 0.1) is 0 Å². The van der Waals surface area contributed by atoms with Gasteiger partial charge >= 0.3 is 0 Å². The van der Waals surface area contributed by atoms with E-state index in [9.17, 15) is 0 Å². The molecular formula is C46H46N2. The van der Waals surface area contributed by atoms with Gasteiger partial charge in [-0.15, -0.1) is 0 Å². The molecule has 0 radical (unpaired) electrons. The molecule has 6 aromatic carbocycles. The lowest BCUT2D eigenvalue weighted by Crippen LogP contribution is -2.30. The van der Waals surface area contributed by atoms with Gasteiger partial charge in [0, 0.05) is 38.3 Å². The van der Waals surface area contributed by atoms with Gasteiger partial charge in [0.15, 0.2) is 0 Å². The Morgan fingerprint density at radius 3 is 0.958 bits per heavy atom. The van der Waals surface area contributed by atoms with E-state index in [1.807, 2.05) is 27.7 Å². The highest BCUT2D eigenvalue weighted by atomic mass is 15.0. The zero-order chi connectivity index (χ0) is 33.1. The molecule has 48 heavy (non-hydrogen) atoms. The molecule has 1 aliphatic rings. The first-order valence-corrected chi connectivity index (χ1v) is 18.0. The zero-order valence-corrected chi connectivity index (χ0v) is 28.8. The van der Waals surface area contributed by atoms with Crippen LogP contribution in [-0.2, 0) is 5.41 Å². The fraction of sp³-hybridized carbons (Fsp3) is 0.217. The molecule has 2 heteroatoms. The molecule has 0 bridgehead atoms. The van der Waals surface area contributed by atoms with Crippen molar-refractivity contribution >= 4 is 43.6 Å². The number of benzene rings is 6. The molecule has 2 heterocycles. The van der Waals surface area contributed by atoms with E-state index in [0.29, 0.717) is 0 Å². The summed E-state index contributed by atoms with van der Waals surface area (Å²) in [5, 5.41) is 5.22. The van der Waals surface area contributed by atoms with Gasteiger partial charge in [0.1, 0.15) is 0 Å². The first-order chi connectivity index (χ1) is 23.8. The van der Waals surface area contributed by atoms with Crippen LogP contribution in [0.2, 0.25) is 0 Å². The van der Waals surface area contributed by atoms with Crippen LogP contribution in [0.1, 0.15) is 70.9 Å². The van der Waals surface area contributed by atoms with Gasteiger partial charge in [0.05, 0.1) is 22.1 Å². The highest BCUT2D eigenvalue weighted by Gasteiger charge is 2.35. The van der Waals surface area contributed by atoms with E-state index in [2.05, 4.69) is 155 Å². The molecule has 2 aromatic heterocycles. The summed E-state index contributed by atoms with van der Waals surface area (Å²) in [6.45, 7) is 8.00. The number of rotatable bonds is 4. The number of nitrogens with zero attached hydrogens (tertiary/aromatic N) is 2. The molecule has 0 aliphatic heterocycles. The largest absolute Gasteiger partial charge is 0.309 e. The van der Waals surface area contributed by atoms with E-state index in [0.717, 1.165) is 0 Å². The molecular weight excluding hydrogens is 581 g/mol. The van der Waals surface area contributed by atoms with Gasteiger partial charge in [0.2, 0.25) is 0 Å². The minimum Gasteiger partial charge on any atom is -0.309 e. The van der Waals surface area contributed by atoms with Gasteiger partial charge in [-0.05, 0) is 72.5 Å². The van der Waals surface area contributed by atoms with Crippen molar-refractivity contribution in [1.82, 2.24) is 9.13 Å². The van der Waals surface area contributed by atoms with E-state index in [-0.39, 0.29) is 5.41 Å². The normalized spacial score (nSPS) is 14.0. The van der Waals surface area contributed by atoms with Crippen molar-refractivity contribution in [3.8, 4) is 11.4 Å². The molecule has 0 unspecified atom stereocenters. The molecule has 0 amide bonds. The van der Waals surface area contributed by atoms with Crippen LogP contribution in [0.25, 0.3) is 55.0 Å². The summed E-state index contributed by atoms with van der Waals surface area (Å²) in [5.74, 6) is 0. The Bertz CT molecular complexity index is 2030. The van der Waals surface area contributed by atoms with Gasteiger partial charge in [-0.2, -0.15) is 0 Å². The first-order valence-electron chi connectivity index (χ1n) is 18.0. The first kappa shape index (κ1) is 31.5. The molecule has 0 atom stereocenters. The lowest BCUT2D eigenvalue weighted by atomic mass is 9.65. The van der Waals surface area contributed by atoms with Crippen molar-refractivity contribution < 1.29 is 0 Å². The summed E-state index contributed by atoms with van der Waals surface area (Å²) < 4.78 is 4.84. The molecule has 1 fully saturated rings. The fourth-order valence-corrected chi connectivity index (χ4v) is 8.16. The Morgan fingerprint density at radius 1 is 0.354 bits per heavy atom. The second kappa shape index (κ2) is 13.6. The summed E-state index contributed by atoms with van der Waals surface area (Å²) in [4.78, 5) is 0. The standard InChI is InChI=1S/C42H34N2.2C2H6/c1-10-28-42(29-11-1,30-20-24-32(25-21-30)43-38-16-6-2-12-34(38)35-13-3-7-17-39(35)43)31-22-26-33(27-23-31)44-40-18-8-4-14-36(40)37-15-5-9-19-41(37)44;2*1-2/h2-9,12-27H,1,10-11,28-29H2;2*1-2H3. The third-order valence-electron chi connectivity index (χ3n) is 10.2. The number of aromatic nitrogens is 2. The predicted molar refractivity (Wildman–Crippen MR) is 208 cm³/mol. The van der Waals surface area contributed by atoms with Crippen LogP contribution >= 0.6 is 0 Å². The Balaban J connectivity index is 0.000000880. The van der Waals surface area contributed by atoms with Crippen molar-refractivity contribution in [3.05, 3.63) is 157 Å². The van der Waals surface area contributed by atoms with Crippen LogP contribution in [-0.4, -0.2) is 9.13 Å². The number of para-hydroxylation sites is 4. The summed E-state index contributed by atoms with van der Waals surface area (Å²) in [6, 6.07) is 54.1. The maximum atomic E-state index is 2.42. The van der Waals surface area contributed by atoms with Gasteiger partial charge in [-0.25, -0.2) is 0 Å². The maximum Gasteiger partial charge on any atom is 0.0541 e. The minimum atomic E-state index is 0.0386. The van der Waals surface area contributed by atoms with Crippen LogP contribution in [0.15, 0.2) is 146 Å². The quantitative estimate of drug-likeness (QED) is 0.184. The number of fused-ring (bicyclic) bond motifs is 6.